The number of hydrogen-bond donors (Lipinski definition) is 1. The van der Waals surface area contributed by atoms with Gasteiger partial charge < -0.3 is 5.73 Å². The van der Waals surface area contributed by atoms with Gasteiger partial charge in [-0.25, -0.2) is 0 Å². The van der Waals surface area contributed by atoms with Crippen molar-refractivity contribution >= 4 is 0 Å². The Hall–Kier alpha value is -0.0400. The molecule has 0 rings (SSSR count). The molecule has 0 radical (unpaired) electrons. The first-order chi connectivity index (χ1) is 16.1. The first-order valence-corrected chi connectivity index (χ1v) is 15.9. The molecule has 0 aliphatic heterocycles. The third kappa shape index (κ3) is 19.9. The van der Waals surface area contributed by atoms with Crippen molar-refractivity contribution in [1.82, 2.24) is 0 Å². The zero-order valence-electron chi connectivity index (χ0n) is 24.0. The maximum absolute atomic E-state index is 7.39. The molecule has 0 heterocycles. The van der Waals surface area contributed by atoms with E-state index in [2.05, 4.69) is 27.7 Å². The van der Waals surface area contributed by atoms with Gasteiger partial charge in [0.05, 0.1) is 0 Å². The van der Waals surface area contributed by atoms with E-state index in [0.717, 1.165) is 5.92 Å². The van der Waals surface area contributed by atoms with Crippen molar-refractivity contribution in [2.75, 3.05) is 0 Å². The Bertz CT molecular complexity index is 350. The molecule has 33 heavy (non-hydrogen) atoms. The van der Waals surface area contributed by atoms with Gasteiger partial charge in [0, 0.05) is 5.54 Å². The van der Waals surface area contributed by atoms with Crippen LogP contribution < -0.4 is 5.73 Å². The lowest BCUT2D eigenvalue weighted by atomic mass is 9.72. The fraction of sp³-hybridized carbons (Fsp3) is 1.00. The molecule has 0 amide bonds. The monoisotopic (exact) mass is 466 g/mol. The van der Waals surface area contributed by atoms with Crippen LogP contribution in [0.1, 0.15) is 195 Å². The Morgan fingerprint density at radius 2 is 0.667 bits per heavy atom. The SMILES string of the molecule is CCCCCCCCCC(CCCCCCC)C(N)(CCCCCCC)CCCCCCC. The zero-order valence-corrected chi connectivity index (χ0v) is 24.0. The zero-order chi connectivity index (χ0) is 24.5. The smallest absolute Gasteiger partial charge is 0.0182 e. The molecule has 0 aromatic carbocycles. The van der Waals surface area contributed by atoms with Crippen molar-refractivity contribution < 1.29 is 0 Å². The van der Waals surface area contributed by atoms with Gasteiger partial charge in [-0.3, -0.25) is 0 Å². The molecule has 0 bridgehead atoms. The van der Waals surface area contributed by atoms with Gasteiger partial charge in [0.2, 0.25) is 0 Å². The summed E-state index contributed by atoms with van der Waals surface area (Å²) in [6.45, 7) is 9.28. The molecule has 0 aromatic heterocycles. The van der Waals surface area contributed by atoms with Crippen LogP contribution in [0, 0.1) is 5.92 Å². The molecule has 0 saturated heterocycles. The topological polar surface area (TPSA) is 26.0 Å². The summed E-state index contributed by atoms with van der Waals surface area (Å²) < 4.78 is 0. The molecule has 0 spiro atoms. The Morgan fingerprint density at radius 1 is 0.394 bits per heavy atom. The van der Waals surface area contributed by atoms with Gasteiger partial charge in [0.15, 0.2) is 0 Å². The molecule has 0 aliphatic carbocycles. The van der Waals surface area contributed by atoms with E-state index in [0.29, 0.717) is 0 Å². The summed E-state index contributed by atoms with van der Waals surface area (Å²) in [5.74, 6) is 0.757. The molecule has 1 nitrogen and oxygen atoms in total. The molecule has 0 saturated carbocycles. The molecular weight excluding hydrogens is 398 g/mol. The van der Waals surface area contributed by atoms with Crippen LogP contribution in [0.3, 0.4) is 0 Å². The van der Waals surface area contributed by atoms with Gasteiger partial charge in [0.1, 0.15) is 0 Å². The second kappa shape index (κ2) is 25.1. The summed E-state index contributed by atoms with van der Waals surface area (Å²) in [4.78, 5) is 0. The van der Waals surface area contributed by atoms with Gasteiger partial charge in [-0.05, 0) is 31.6 Å². The maximum Gasteiger partial charge on any atom is 0.0182 e. The van der Waals surface area contributed by atoms with Crippen LogP contribution in [0.15, 0.2) is 0 Å². The highest BCUT2D eigenvalue weighted by Crippen LogP contribution is 2.35. The maximum atomic E-state index is 7.39. The van der Waals surface area contributed by atoms with Crippen LogP contribution in [0.2, 0.25) is 0 Å². The predicted octanol–water partition coefficient (Wildman–Crippen LogP) is 11.5. The summed E-state index contributed by atoms with van der Waals surface area (Å²) in [6.07, 6.45) is 36.1. The molecule has 2 N–H and O–H groups in total. The van der Waals surface area contributed by atoms with E-state index < -0.39 is 0 Å². The fourth-order valence-electron chi connectivity index (χ4n) is 5.71. The lowest BCUT2D eigenvalue weighted by Gasteiger charge is -2.39. The lowest BCUT2D eigenvalue weighted by Crippen LogP contribution is -2.47. The highest BCUT2D eigenvalue weighted by molar-refractivity contribution is 4.91. The number of hydrogen-bond acceptors (Lipinski definition) is 1. The van der Waals surface area contributed by atoms with Crippen LogP contribution in [-0.4, -0.2) is 5.54 Å². The van der Waals surface area contributed by atoms with Crippen molar-refractivity contribution in [1.29, 1.82) is 0 Å². The standard InChI is InChI=1S/C32H67N/c1-5-9-13-17-18-20-24-28-31(27-23-19-14-10-6-2)32(33,29-25-21-15-11-7-3)30-26-22-16-12-8-4/h31H,5-30,33H2,1-4H3. The largest absolute Gasteiger partial charge is 0.325 e. The molecular formula is C32H67N. The third-order valence-electron chi connectivity index (χ3n) is 8.12. The van der Waals surface area contributed by atoms with E-state index >= 15 is 0 Å². The van der Waals surface area contributed by atoms with E-state index in [1.165, 1.54) is 167 Å². The Morgan fingerprint density at radius 3 is 1.00 bits per heavy atom. The average Bonchev–Trinajstić information content (AvgIpc) is 2.81. The van der Waals surface area contributed by atoms with E-state index in [4.69, 9.17) is 5.73 Å². The molecule has 0 aliphatic rings. The van der Waals surface area contributed by atoms with Crippen LogP contribution in [-0.2, 0) is 0 Å². The number of nitrogens with two attached hydrogens (primary N) is 1. The van der Waals surface area contributed by atoms with E-state index in [9.17, 15) is 0 Å². The normalized spacial score (nSPS) is 13.0. The van der Waals surface area contributed by atoms with Crippen LogP contribution in [0.5, 0.6) is 0 Å². The summed E-state index contributed by atoms with van der Waals surface area (Å²) >= 11 is 0. The van der Waals surface area contributed by atoms with Gasteiger partial charge in [-0.1, -0.05) is 169 Å². The molecule has 0 aromatic rings. The van der Waals surface area contributed by atoms with E-state index in [1.807, 2.05) is 0 Å². The van der Waals surface area contributed by atoms with Gasteiger partial charge in [-0.15, -0.1) is 0 Å². The summed E-state index contributed by atoms with van der Waals surface area (Å²) in [5.41, 5.74) is 7.50. The molecule has 1 heteroatoms. The summed E-state index contributed by atoms with van der Waals surface area (Å²) in [5, 5.41) is 0. The minimum Gasteiger partial charge on any atom is -0.325 e. The van der Waals surface area contributed by atoms with Crippen molar-refractivity contribution in [3.8, 4) is 0 Å². The predicted molar refractivity (Wildman–Crippen MR) is 153 cm³/mol. The average molecular weight is 466 g/mol. The Kier molecular flexibility index (Phi) is 25.0. The number of unbranched alkanes of at least 4 members (excludes halogenated alkanes) is 18. The van der Waals surface area contributed by atoms with Crippen molar-refractivity contribution in [2.45, 2.75) is 200 Å². The van der Waals surface area contributed by atoms with E-state index in [1.54, 1.807) is 0 Å². The molecule has 0 fully saturated rings. The quantitative estimate of drug-likeness (QED) is 0.120. The highest BCUT2D eigenvalue weighted by atomic mass is 14.8. The summed E-state index contributed by atoms with van der Waals surface area (Å²) in [6, 6.07) is 0. The second-order valence-electron chi connectivity index (χ2n) is 11.4. The van der Waals surface area contributed by atoms with Crippen molar-refractivity contribution in [2.24, 2.45) is 11.7 Å². The van der Waals surface area contributed by atoms with E-state index in [-0.39, 0.29) is 5.54 Å². The number of rotatable bonds is 27. The van der Waals surface area contributed by atoms with Gasteiger partial charge in [0.25, 0.3) is 0 Å². The molecule has 1 atom stereocenters. The Balaban J connectivity index is 4.85. The fourth-order valence-corrected chi connectivity index (χ4v) is 5.71. The molecule has 200 valence electrons. The Labute approximate surface area is 211 Å². The van der Waals surface area contributed by atoms with Crippen molar-refractivity contribution in [3.05, 3.63) is 0 Å². The lowest BCUT2D eigenvalue weighted by molar-refractivity contribution is 0.189. The van der Waals surface area contributed by atoms with Gasteiger partial charge in [-0.2, -0.15) is 0 Å². The first-order valence-electron chi connectivity index (χ1n) is 15.9. The second-order valence-corrected chi connectivity index (χ2v) is 11.4. The highest BCUT2D eigenvalue weighted by Gasteiger charge is 2.33. The van der Waals surface area contributed by atoms with Crippen molar-refractivity contribution in [3.63, 3.8) is 0 Å². The minimum atomic E-state index is 0.103. The van der Waals surface area contributed by atoms with Crippen LogP contribution >= 0.6 is 0 Å². The third-order valence-corrected chi connectivity index (χ3v) is 8.12. The van der Waals surface area contributed by atoms with Crippen LogP contribution in [0.4, 0.5) is 0 Å². The van der Waals surface area contributed by atoms with Crippen LogP contribution in [0.25, 0.3) is 0 Å². The first kappa shape index (κ1) is 33.0. The summed E-state index contributed by atoms with van der Waals surface area (Å²) in [7, 11) is 0. The molecule has 1 unspecified atom stereocenters. The minimum absolute atomic E-state index is 0.103. The van der Waals surface area contributed by atoms with Gasteiger partial charge >= 0.3 is 0 Å².